The van der Waals surface area contributed by atoms with Gasteiger partial charge in [-0.05, 0) is 40.0 Å². The molecule has 0 saturated carbocycles. The number of rotatable bonds is 13. The first-order valence-corrected chi connectivity index (χ1v) is 10.00. The van der Waals surface area contributed by atoms with Gasteiger partial charge in [0.1, 0.15) is 12.7 Å². The minimum atomic E-state index is -1.12. The fourth-order valence-corrected chi connectivity index (χ4v) is 3.50. The molecule has 0 radical (unpaired) electrons. The molecule has 32 heavy (non-hydrogen) atoms. The first-order valence-electron chi connectivity index (χ1n) is 10.00. The average Bonchev–Trinajstić information content (AvgIpc) is 2.67. The fourth-order valence-electron chi connectivity index (χ4n) is 3.50. The van der Waals surface area contributed by atoms with Crippen LogP contribution in [0.5, 0.6) is 0 Å². The van der Waals surface area contributed by atoms with Crippen molar-refractivity contribution < 1.29 is 39.0 Å². The number of carbonyl (C=O) groups excluding carboxylic acids is 3. The molecular weight excluding hydrogens is 428 g/mol. The summed E-state index contributed by atoms with van der Waals surface area (Å²) in [5.74, 6) is -1.04. The number of Topliss-reactive ketones (excluding diaryl/α,β-unsaturated/α-hetero) is 2. The van der Waals surface area contributed by atoms with E-state index in [9.17, 15) is 34.6 Å². The zero-order chi connectivity index (χ0) is 24.6. The lowest BCUT2D eigenvalue weighted by Gasteiger charge is -2.31. The van der Waals surface area contributed by atoms with Gasteiger partial charge in [-0.3, -0.25) is 14.4 Å². The highest BCUT2D eigenvalue weighted by atomic mass is 17.0. The second-order valence-electron chi connectivity index (χ2n) is 8.16. The van der Waals surface area contributed by atoms with Gasteiger partial charge in [0.2, 0.25) is 0 Å². The number of nitrogens with zero attached hydrogens (tertiary/aromatic N) is 2. The quantitative estimate of drug-likeness (QED) is 0.132. The zero-order valence-corrected chi connectivity index (χ0v) is 18.8. The number of carbonyl (C=O) groups is 3. The van der Waals surface area contributed by atoms with Gasteiger partial charge in [-0.1, -0.05) is 13.8 Å². The number of ketones is 2. The molecular formula is C20H28N2O10. The lowest BCUT2D eigenvalue weighted by Crippen LogP contribution is -2.32. The van der Waals surface area contributed by atoms with E-state index in [0.717, 1.165) is 0 Å². The van der Waals surface area contributed by atoms with Crippen molar-refractivity contribution in [1.82, 2.24) is 0 Å². The van der Waals surface area contributed by atoms with E-state index in [1.165, 1.54) is 0 Å². The molecule has 1 rings (SSSR count). The van der Waals surface area contributed by atoms with E-state index < -0.39 is 34.3 Å². The number of hydrogen-bond donors (Lipinski definition) is 0. The van der Waals surface area contributed by atoms with Gasteiger partial charge in [-0.25, -0.2) is 0 Å². The van der Waals surface area contributed by atoms with E-state index in [0.29, 0.717) is 35.1 Å². The number of allylic oxidation sites excluding steroid dienone is 4. The molecule has 1 aliphatic carbocycles. The molecule has 0 heterocycles. The first kappa shape index (κ1) is 26.7. The predicted molar refractivity (Wildman–Crippen MR) is 109 cm³/mol. The number of unbranched alkanes of at least 4 members (excludes halogenated alkanes) is 1. The third-order valence-corrected chi connectivity index (χ3v) is 5.23. The summed E-state index contributed by atoms with van der Waals surface area (Å²) in [6, 6.07) is 0. The summed E-state index contributed by atoms with van der Waals surface area (Å²) >= 11 is 0. The van der Waals surface area contributed by atoms with Crippen LogP contribution in [0.15, 0.2) is 22.3 Å². The third-order valence-electron chi connectivity index (χ3n) is 5.23. The van der Waals surface area contributed by atoms with E-state index in [1.807, 2.05) is 0 Å². The Morgan fingerprint density at radius 1 is 0.969 bits per heavy atom. The van der Waals surface area contributed by atoms with Crippen LogP contribution in [0, 0.1) is 25.6 Å². The maximum Gasteiger partial charge on any atom is 0.306 e. The highest BCUT2D eigenvalue weighted by molar-refractivity contribution is 6.25. The van der Waals surface area contributed by atoms with Gasteiger partial charge >= 0.3 is 5.97 Å². The summed E-state index contributed by atoms with van der Waals surface area (Å²) in [6.45, 7) is 7.58. The predicted octanol–water partition coefficient (Wildman–Crippen LogP) is 2.71. The number of esters is 1. The Labute approximate surface area is 184 Å². The summed E-state index contributed by atoms with van der Waals surface area (Å²) in [4.78, 5) is 66.5. The Bertz CT molecular complexity index is 856. The molecule has 0 aliphatic heterocycles. The highest BCUT2D eigenvalue weighted by Crippen LogP contribution is 2.39. The van der Waals surface area contributed by atoms with E-state index in [4.69, 9.17) is 4.74 Å². The Morgan fingerprint density at radius 3 is 2.12 bits per heavy atom. The molecule has 0 N–H and O–H groups in total. The Hall–Kier alpha value is -3.31. The van der Waals surface area contributed by atoms with Crippen molar-refractivity contribution in [3.63, 3.8) is 0 Å². The second-order valence-corrected chi connectivity index (χ2v) is 8.16. The zero-order valence-electron chi connectivity index (χ0n) is 18.8. The maximum atomic E-state index is 12.7. The van der Waals surface area contributed by atoms with E-state index >= 15 is 0 Å². The van der Waals surface area contributed by atoms with Crippen molar-refractivity contribution in [3.05, 3.63) is 42.5 Å². The van der Waals surface area contributed by atoms with Gasteiger partial charge in [0.15, 0.2) is 11.6 Å². The monoisotopic (exact) mass is 456 g/mol. The van der Waals surface area contributed by atoms with Crippen molar-refractivity contribution in [2.45, 2.75) is 66.4 Å². The minimum absolute atomic E-state index is 0.0130. The summed E-state index contributed by atoms with van der Waals surface area (Å²) in [6.07, 6.45) is -0.478. The topological polar surface area (TPSA) is 165 Å². The van der Waals surface area contributed by atoms with Gasteiger partial charge in [-0.2, -0.15) is 0 Å². The molecule has 0 fully saturated rings. The van der Waals surface area contributed by atoms with Crippen LogP contribution in [0.2, 0.25) is 0 Å². The van der Waals surface area contributed by atoms with Gasteiger partial charge in [-0.15, -0.1) is 20.2 Å². The summed E-state index contributed by atoms with van der Waals surface area (Å²) in [5, 5.41) is 18.5. The molecule has 178 valence electrons. The van der Waals surface area contributed by atoms with Crippen LogP contribution in [0.1, 0.15) is 60.3 Å². The molecule has 0 aromatic rings. The van der Waals surface area contributed by atoms with Gasteiger partial charge in [0.05, 0.1) is 13.0 Å². The molecule has 0 saturated heterocycles. The Morgan fingerprint density at radius 2 is 1.56 bits per heavy atom. The summed E-state index contributed by atoms with van der Waals surface area (Å²) in [5.41, 5.74) is 0.473. The van der Waals surface area contributed by atoms with Crippen molar-refractivity contribution in [2.24, 2.45) is 5.41 Å². The molecule has 1 aliphatic rings. The molecule has 12 nitrogen and oxygen atoms in total. The van der Waals surface area contributed by atoms with Crippen LogP contribution >= 0.6 is 0 Å². The van der Waals surface area contributed by atoms with Gasteiger partial charge in [0, 0.05) is 27.7 Å². The first-order chi connectivity index (χ1) is 14.8. The average molecular weight is 456 g/mol. The van der Waals surface area contributed by atoms with Crippen molar-refractivity contribution in [2.75, 3.05) is 13.2 Å². The SMILES string of the molecule is CC1=C(C)C(=O)C(C(C)(C)CC(=O)OCCCCC(CO[N+](=O)[O-])O[N+](=O)[O-])=C(C)C1=O. The summed E-state index contributed by atoms with van der Waals surface area (Å²) < 4.78 is 5.19. The molecule has 1 unspecified atom stereocenters. The molecule has 0 bridgehead atoms. The van der Waals surface area contributed by atoms with Crippen LogP contribution in [0.25, 0.3) is 0 Å². The molecule has 0 aromatic heterocycles. The maximum absolute atomic E-state index is 12.7. The molecule has 12 heteroatoms. The van der Waals surface area contributed by atoms with Crippen LogP contribution in [-0.4, -0.2) is 47.0 Å². The largest absolute Gasteiger partial charge is 0.466 e. The van der Waals surface area contributed by atoms with Crippen LogP contribution in [0.3, 0.4) is 0 Å². The standard InChI is InChI=1S/C20H28N2O10/c1-12-13(2)19(25)17(14(3)18(12)24)20(4,5)10-16(23)30-9-7-6-8-15(32-22(28)29)11-31-21(26)27/h15H,6-11H2,1-5H3. The minimum Gasteiger partial charge on any atom is -0.466 e. The van der Waals surface area contributed by atoms with Crippen molar-refractivity contribution >= 4 is 17.5 Å². The van der Waals surface area contributed by atoms with Gasteiger partial charge in [0.25, 0.3) is 10.2 Å². The Kier molecular flexibility index (Phi) is 9.48. The van der Waals surface area contributed by atoms with Crippen LogP contribution in [0.4, 0.5) is 0 Å². The van der Waals surface area contributed by atoms with Crippen LogP contribution < -0.4 is 0 Å². The van der Waals surface area contributed by atoms with Crippen molar-refractivity contribution in [1.29, 1.82) is 0 Å². The lowest BCUT2D eigenvalue weighted by molar-refractivity contribution is -0.790. The van der Waals surface area contributed by atoms with Crippen LogP contribution in [-0.2, 0) is 28.8 Å². The van der Waals surface area contributed by atoms with E-state index in [2.05, 4.69) is 9.68 Å². The number of ether oxygens (including phenoxy) is 1. The Balaban J connectivity index is 2.56. The van der Waals surface area contributed by atoms with E-state index in [1.54, 1.807) is 34.6 Å². The fraction of sp³-hybridized carbons (Fsp3) is 0.650. The normalized spacial score (nSPS) is 15.5. The lowest BCUT2D eigenvalue weighted by atomic mass is 9.71. The van der Waals surface area contributed by atoms with Crippen molar-refractivity contribution in [3.8, 4) is 0 Å². The molecule has 1 atom stereocenters. The highest BCUT2D eigenvalue weighted by Gasteiger charge is 2.38. The molecule has 0 aromatic carbocycles. The summed E-state index contributed by atoms with van der Waals surface area (Å²) in [7, 11) is 0. The smallest absolute Gasteiger partial charge is 0.306 e. The second kappa shape index (κ2) is 11.3. The molecule has 0 amide bonds. The van der Waals surface area contributed by atoms with Gasteiger partial charge < -0.3 is 14.4 Å². The number of hydrogen-bond acceptors (Lipinski definition) is 10. The third kappa shape index (κ3) is 7.43. The molecule has 0 spiro atoms. The van der Waals surface area contributed by atoms with E-state index in [-0.39, 0.29) is 31.0 Å².